The predicted molar refractivity (Wildman–Crippen MR) is 102 cm³/mol. The third-order valence-electron chi connectivity index (χ3n) is 4.23. The van der Waals surface area contributed by atoms with Crippen LogP contribution in [0.25, 0.3) is 5.69 Å². The molecule has 2 aromatic carbocycles. The maximum absolute atomic E-state index is 13.1. The van der Waals surface area contributed by atoms with E-state index in [1.165, 1.54) is 12.1 Å². The highest BCUT2D eigenvalue weighted by atomic mass is 19.1. The number of rotatable bonds is 6. The number of halogens is 1. The monoisotopic (exact) mass is 381 g/mol. The Bertz CT molecular complexity index is 982. The van der Waals surface area contributed by atoms with Gasteiger partial charge in [0.1, 0.15) is 19.0 Å². The van der Waals surface area contributed by atoms with Gasteiger partial charge in [0, 0.05) is 0 Å². The van der Waals surface area contributed by atoms with Gasteiger partial charge in [-0.25, -0.2) is 9.07 Å². The lowest BCUT2D eigenvalue weighted by atomic mass is 10.2. The Hall–Kier alpha value is -3.48. The summed E-state index contributed by atoms with van der Waals surface area (Å²) < 4.78 is 19.8. The number of hydrogen-bond acceptors (Lipinski definition) is 4. The zero-order chi connectivity index (χ0) is 20.1. The summed E-state index contributed by atoms with van der Waals surface area (Å²) in [4.78, 5) is 24.4. The molecule has 0 aliphatic heterocycles. The van der Waals surface area contributed by atoms with Crippen LogP contribution in [0.2, 0.25) is 0 Å². The molecule has 0 saturated carbocycles. The van der Waals surface area contributed by atoms with E-state index in [1.54, 1.807) is 30.7 Å². The molecule has 28 heavy (non-hydrogen) atoms. The smallest absolute Gasteiger partial charge is 0.325 e. The van der Waals surface area contributed by atoms with Crippen LogP contribution in [0.3, 0.4) is 0 Å². The second kappa shape index (κ2) is 8.47. The molecular formula is C21H20FN3O3. The maximum Gasteiger partial charge on any atom is 0.325 e. The molecular weight excluding hydrogens is 361 g/mol. The Morgan fingerprint density at radius 1 is 1.07 bits per heavy atom. The zero-order valence-corrected chi connectivity index (χ0v) is 15.6. The number of aryl methyl sites for hydroxylation is 1. The quantitative estimate of drug-likeness (QED) is 0.666. The Balaban J connectivity index is 1.63. The van der Waals surface area contributed by atoms with Crippen molar-refractivity contribution in [1.82, 2.24) is 15.1 Å². The minimum absolute atomic E-state index is 0.149. The van der Waals surface area contributed by atoms with E-state index in [4.69, 9.17) is 4.74 Å². The summed E-state index contributed by atoms with van der Waals surface area (Å²) in [5.41, 5.74) is 2.99. The molecule has 1 heterocycles. The Kier molecular flexibility index (Phi) is 5.84. The minimum Gasteiger partial charge on any atom is -0.460 e. The van der Waals surface area contributed by atoms with E-state index >= 15 is 0 Å². The predicted octanol–water partition coefficient (Wildman–Crippen LogP) is 3.10. The summed E-state index contributed by atoms with van der Waals surface area (Å²) in [6.07, 6.45) is 0. The lowest BCUT2D eigenvalue weighted by Gasteiger charge is -2.08. The van der Waals surface area contributed by atoms with E-state index < -0.39 is 11.9 Å². The van der Waals surface area contributed by atoms with E-state index in [-0.39, 0.29) is 19.0 Å². The second-order valence-electron chi connectivity index (χ2n) is 6.26. The number of carbonyl (C=O) groups is 2. The van der Waals surface area contributed by atoms with Crippen molar-refractivity contribution in [3.8, 4) is 5.69 Å². The molecule has 0 aliphatic rings. The van der Waals surface area contributed by atoms with Gasteiger partial charge in [-0.3, -0.25) is 9.59 Å². The van der Waals surface area contributed by atoms with Crippen molar-refractivity contribution >= 4 is 11.9 Å². The topological polar surface area (TPSA) is 73.2 Å². The van der Waals surface area contributed by atoms with Gasteiger partial charge in [-0.05, 0) is 43.7 Å². The second-order valence-corrected chi connectivity index (χ2v) is 6.26. The molecule has 3 aromatic rings. The van der Waals surface area contributed by atoms with Gasteiger partial charge in [0.2, 0.25) is 0 Å². The fourth-order valence-electron chi connectivity index (χ4n) is 2.83. The molecule has 0 aliphatic carbocycles. The molecule has 1 aromatic heterocycles. The molecule has 0 atom stereocenters. The van der Waals surface area contributed by atoms with Crippen LogP contribution in [-0.4, -0.2) is 28.2 Å². The van der Waals surface area contributed by atoms with Crippen LogP contribution in [0.15, 0.2) is 54.6 Å². The SMILES string of the molecule is Cc1nn(-c2ccc(F)cc2)c(C)c1C(=O)NCC(=O)OCc1ccccc1. The number of ether oxygens (including phenoxy) is 1. The summed E-state index contributed by atoms with van der Waals surface area (Å²) in [7, 11) is 0. The van der Waals surface area contributed by atoms with Crippen molar-refractivity contribution < 1.29 is 18.7 Å². The van der Waals surface area contributed by atoms with Gasteiger partial charge < -0.3 is 10.1 Å². The molecule has 0 spiro atoms. The molecule has 7 heteroatoms. The number of nitrogens with one attached hydrogen (secondary N) is 1. The number of carbonyl (C=O) groups excluding carboxylic acids is 2. The molecule has 1 amide bonds. The summed E-state index contributed by atoms with van der Waals surface area (Å²) in [6.45, 7) is 3.35. The standard InChI is InChI=1S/C21H20FN3O3/c1-14-20(15(2)25(24-14)18-10-8-17(22)9-11-18)21(27)23-12-19(26)28-13-16-6-4-3-5-7-16/h3-11H,12-13H2,1-2H3,(H,23,27). The van der Waals surface area contributed by atoms with Crippen LogP contribution in [0, 0.1) is 19.7 Å². The van der Waals surface area contributed by atoms with Crippen molar-refractivity contribution in [1.29, 1.82) is 0 Å². The average molecular weight is 381 g/mol. The lowest BCUT2D eigenvalue weighted by Crippen LogP contribution is -2.31. The van der Waals surface area contributed by atoms with Crippen LogP contribution >= 0.6 is 0 Å². The highest BCUT2D eigenvalue weighted by Gasteiger charge is 2.20. The van der Waals surface area contributed by atoms with Gasteiger partial charge in [-0.1, -0.05) is 30.3 Å². The summed E-state index contributed by atoms with van der Waals surface area (Å²) in [6, 6.07) is 15.1. The number of esters is 1. The first-order chi connectivity index (χ1) is 13.5. The Morgan fingerprint density at radius 2 is 1.75 bits per heavy atom. The molecule has 3 rings (SSSR count). The van der Waals surface area contributed by atoms with Crippen molar-refractivity contribution in [3.05, 3.63) is 82.9 Å². The Labute approximate surface area is 161 Å². The fraction of sp³-hybridized carbons (Fsp3) is 0.190. The lowest BCUT2D eigenvalue weighted by molar-refractivity contribution is -0.143. The van der Waals surface area contributed by atoms with E-state index in [9.17, 15) is 14.0 Å². The van der Waals surface area contributed by atoms with Crippen LogP contribution < -0.4 is 5.32 Å². The largest absolute Gasteiger partial charge is 0.460 e. The maximum atomic E-state index is 13.1. The van der Waals surface area contributed by atoms with E-state index in [1.807, 2.05) is 30.3 Å². The highest BCUT2D eigenvalue weighted by molar-refractivity contribution is 5.98. The number of nitrogens with zero attached hydrogens (tertiary/aromatic N) is 2. The van der Waals surface area contributed by atoms with Gasteiger partial charge in [0.05, 0.1) is 22.6 Å². The third-order valence-corrected chi connectivity index (χ3v) is 4.23. The van der Waals surface area contributed by atoms with E-state index in [2.05, 4.69) is 10.4 Å². The van der Waals surface area contributed by atoms with Gasteiger partial charge in [-0.2, -0.15) is 5.10 Å². The number of benzene rings is 2. The van der Waals surface area contributed by atoms with Crippen LogP contribution in [0.4, 0.5) is 4.39 Å². The first kappa shape index (κ1) is 19.3. The summed E-state index contributed by atoms with van der Waals surface area (Å²) in [5.74, 6) is -1.30. The summed E-state index contributed by atoms with van der Waals surface area (Å²) >= 11 is 0. The molecule has 0 bridgehead atoms. The number of aromatic nitrogens is 2. The summed E-state index contributed by atoms with van der Waals surface area (Å²) in [5, 5.41) is 6.92. The van der Waals surface area contributed by atoms with Crippen molar-refractivity contribution in [2.24, 2.45) is 0 Å². The molecule has 144 valence electrons. The molecule has 0 saturated heterocycles. The number of amides is 1. The number of hydrogen-bond donors (Lipinski definition) is 1. The molecule has 0 radical (unpaired) electrons. The molecule has 1 N–H and O–H groups in total. The average Bonchev–Trinajstić information content (AvgIpc) is 3.00. The first-order valence-electron chi connectivity index (χ1n) is 8.75. The van der Waals surface area contributed by atoms with Gasteiger partial charge in [0.15, 0.2) is 0 Å². The van der Waals surface area contributed by atoms with E-state index in [0.717, 1.165) is 5.56 Å². The first-order valence-corrected chi connectivity index (χ1v) is 8.75. The highest BCUT2D eigenvalue weighted by Crippen LogP contribution is 2.18. The van der Waals surface area contributed by atoms with E-state index in [0.29, 0.717) is 22.6 Å². The van der Waals surface area contributed by atoms with Crippen molar-refractivity contribution in [3.63, 3.8) is 0 Å². The van der Waals surface area contributed by atoms with Crippen LogP contribution in [0.1, 0.15) is 27.3 Å². The van der Waals surface area contributed by atoms with Crippen LogP contribution in [-0.2, 0) is 16.1 Å². The Morgan fingerprint density at radius 3 is 2.43 bits per heavy atom. The van der Waals surface area contributed by atoms with Crippen LogP contribution in [0.5, 0.6) is 0 Å². The van der Waals surface area contributed by atoms with Gasteiger partial charge in [0.25, 0.3) is 5.91 Å². The van der Waals surface area contributed by atoms with Crippen molar-refractivity contribution in [2.45, 2.75) is 20.5 Å². The van der Waals surface area contributed by atoms with Gasteiger partial charge in [-0.15, -0.1) is 0 Å². The third kappa shape index (κ3) is 4.43. The van der Waals surface area contributed by atoms with Crippen molar-refractivity contribution in [2.75, 3.05) is 6.54 Å². The molecule has 6 nitrogen and oxygen atoms in total. The molecule has 0 fully saturated rings. The fourth-order valence-corrected chi connectivity index (χ4v) is 2.83. The minimum atomic E-state index is -0.529. The zero-order valence-electron chi connectivity index (χ0n) is 15.6. The normalized spacial score (nSPS) is 10.5. The van der Waals surface area contributed by atoms with Gasteiger partial charge >= 0.3 is 5.97 Å². The molecule has 0 unspecified atom stereocenters.